The number of halogens is 3. The monoisotopic (exact) mass is 527 g/mol. The van der Waals surface area contributed by atoms with Crippen LogP contribution < -0.4 is 4.74 Å². The molecule has 0 radical (unpaired) electrons. The summed E-state index contributed by atoms with van der Waals surface area (Å²) >= 11 is 0. The van der Waals surface area contributed by atoms with Gasteiger partial charge in [-0.2, -0.15) is 13.2 Å². The molecule has 1 aliphatic rings. The Morgan fingerprint density at radius 1 is 0.921 bits per heavy atom. The number of amides is 1. The summed E-state index contributed by atoms with van der Waals surface area (Å²) in [5.74, 6) is 0.0220. The lowest BCUT2D eigenvalue weighted by molar-refractivity contribution is -0.142. The number of hydrogen-bond acceptors (Lipinski definition) is 5. The number of rotatable bonds is 7. The summed E-state index contributed by atoms with van der Waals surface area (Å²) in [5.41, 5.74) is 2.24. The highest BCUT2D eigenvalue weighted by atomic mass is 19.4. The van der Waals surface area contributed by atoms with Crippen molar-refractivity contribution < 1.29 is 37.0 Å². The molecule has 0 unspecified atom stereocenters. The van der Waals surface area contributed by atoms with Crippen molar-refractivity contribution in [3.63, 3.8) is 0 Å². The van der Waals surface area contributed by atoms with E-state index in [0.717, 1.165) is 11.6 Å². The summed E-state index contributed by atoms with van der Waals surface area (Å²) in [6, 6.07) is 16.7. The third-order valence-electron chi connectivity index (χ3n) is 6.39. The normalized spacial score (nSPS) is 13.0. The van der Waals surface area contributed by atoms with Crippen LogP contribution in [0.3, 0.4) is 0 Å². The standard InChI is InChI=1S/C29H28F3NO5/c1-3-37-27(34)16-20-9-12-26(36-2)23(15-20)21-10-11-25(29(30,31)32)22-13-14-33(17-24(21)22)28(35)38-18-19-7-5-4-6-8-19/h4-12,15H,3,13-14,16-18H2,1-2H3. The largest absolute Gasteiger partial charge is 0.496 e. The van der Waals surface area contributed by atoms with Crippen LogP contribution in [0.15, 0.2) is 60.7 Å². The summed E-state index contributed by atoms with van der Waals surface area (Å²) in [6.07, 6.45) is -5.13. The minimum Gasteiger partial charge on any atom is -0.496 e. The molecule has 4 rings (SSSR count). The van der Waals surface area contributed by atoms with E-state index in [1.54, 1.807) is 25.1 Å². The van der Waals surface area contributed by atoms with Gasteiger partial charge in [-0.25, -0.2) is 4.79 Å². The molecule has 1 amide bonds. The number of carbonyl (C=O) groups excluding carboxylic acids is 2. The minimum atomic E-state index is -4.55. The SMILES string of the molecule is CCOC(=O)Cc1ccc(OC)c(-c2ccc(C(F)(F)F)c3c2CN(C(=O)OCc2ccccc2)CC3)c1. The van der Waals surface area contributed by atoms with E-state index < -0.39 is 23.8 Å². The van der Waals surface area contributed by atoms with Gasteiger partial charge in [0.15, 0.2) is 0 Å². The molecular formula is C29H28F3NO5. The van der Waals surface area contributed by atoms with Crippen LogP contribution in [0.4, 0.5) is 18.0 Å². The third-order valence-corrected chi connectivity index (χ3v) is 6.39. The van der Waals surface area contributed by atoms with E-state index >= 15 is 0 Å². The van der Waals surface area contributed by atoms with Crippen LogP contribution in [-0.4, -0.2) is 37.2 Å². The summed E-state index contributed by atoms with van der Waals surface area (Å²) in [5, 5.41) is 0. The highest BCUT2D eigenvalue weighted by molar-refractivity contribution is 5.79. The average Bonchev–Trinajstić information content (AvgIpc) is 2.91. The molecule has 1 heterocycles. The number of methoxy groups -OCH3 is 1. The van der Waals surface area contributed by atoms with E-state index in [1.807, 2.05) is 30.3 Å². The maximum Gasteiger partial charge on any atom is 0.416 e. The molecule has 0 N–H and O–H groups in total. The third kappa shape index (κ3) is 6.10. The van der Waals surface area contributed by atoms with Crippen molar-refractivity contribution in [2.45, 2.75) is 39.1 Å². The van der Waals surface area contributed by atoms with Gasteiger partial charge in [-0.15, -0.1) is 0 Å². The van der Waals surface area contributed by atoms with Crippen molar-refractivity contribution in [3.05, 3.63) is 88.5 Å². The zero-order valence-electron chi connectivity index (χ0n) is 21.1. The van der Waals surface area contributed by atoms with Gasteiger partial charge in [-0.3, -0.25) is 4.79 Å². The van der Waals surface area contributed by atoms with Crippen LogP contribution in [0.5, 0.6) is 5.75 Å². The molecule has 0 saturated carbocycles. The summed E-state index contributed by atoms with van der Waals surface area (Å²) < 4.78 is 57.7. The number of carbonyl (C=O) groups is 2. The zero-order valence-corrected chi connectivity index (χ0v) is 21.1. The van der Waals surface area contributed by atoms with Crippen molar-refractivity contribution >= 4 is 12.1 Å². The fourth-order valence-corrected chi connectivity index (χ4v) is 4.61. The van der Waals surface area contributed by atoms with E-state index in [-0.39, 0.29) is 44.7 Å². The summed E-state index contributed by atoms with van der Waals surface area (Å²) in [4.78, 5) is 26.3. The molecule has 3 aromatic rings. The average molecular weight is 528 g/mol. The maximum atomic E-state index is 13.9. The number of hydrogen-bond donors (Lipinski definition) is 0. The molecule has 0 bridgehead atoms. The van der Waals surface area contributed by atoms with Crippen molar-refractivity contribution in [2.75, 3.05) is 20.3 Å². The first-order valence-electron chi connectivity index (χ1n) is 12.2. The Bertz CT molecular complexity index is 1310. The molecule has 3 aromatic carbocycles. The second-order valence-corrected chi connectivity index (χ2v) is 8.84. The fourth-order valence-electron chi connectivity index (χ4n) is 4.61. The number of benzene rings is 3. The van der Waals surface area contributed by atoms with Gasteiger partial charge < -0.3 is 19.1 Å². The fraction of sp³-hybridized carbons (Fsp3) is 0.310. The molecule has 0 atom stereocenters. The first-order chi connectivity index (χ1) is 18.2. The molecule has 0 fully saturated rings. The van der Waals surface area contributed by atoms with Crippen molar-refractivity contribution in [1.29, 1.82) is 0 Å². The summed E-state index contributed by atoms with van der Waals surface area (Å²) in [7, 11) is 1.47. The lowest BCUT2D eigenvalue weighted by atomic mass is 9.86. The number of esters is 1. The highest BCUT2D eigenvalue weighted by Gasteiger charge is 2.37. The molecule has 0 aromatic heterocycles. The van der Waals surface area contributed by atoms with Crippen LogP contribution in [0, 0.1) is 0 Å². The molecule has 38 heavy (non-hydrogen) atoms. The van der Waals surface area contributed by atoms with Gasteiger partial charge in [0.05, 0.1) is 25.7 Å². The predicted octanol–water partition coefficient (Wildman–Crippen LogP) is 6.18. The van der Waals surface area contributed by atoms with Crippen molar-refractivity contribution in [2.24, 2.45) is 0 Å². The molecule has 200 valence electrons. The quantitative estimate of drug-likeness (QED) is 0.343. The smallest absolute Gasteiger partial charge is 0.416 e. The predicted molar refractivity (Wildman–Crippen MR) is 135 cm³/mol. The molecular weight excluding hydrogens is 499 g/mol. The molecule has 0 spiro atoms. The second-order valence-electron chi connectivity index (χ2n) is 8.84. The van der Waals surface area contributed by atoms with Crippen LogP contribution in [0.25, 0.3) is 11.1 Å². The Balaban J connectivity index is 1.70. The van der Waals surface area contributed by atoms with E-state index in [1.165, 1.54) is 18.1 Å². The maximum absolute atomic E-state index is 13.9. The van der Waals surface area contributed by atoms with E-state index in [0.29, 0.717) is 28.0 Å². The molecule has 6 nitrogen and oxygen atoms in total. The van der Waals surface area contributed by atoms with Gasteiger partial charge in [0, 0.05) is 18.7 Å². The molecule has 0 saturated heterocycles. The van der Waals surface area contributed by atoms with E-state index in [4.69, 9.17) is 14.2 Å². The Labute approximate surface area is 218 Å². The van der Waals surface area contributed by atoms with E-state index in [2.05, 4.69) is 0 Å². The lowest BCUT2D eigenvalue weighted by Gasteiger charge is -2.32. The van der Waals surface area contributed by atoms with Gasteiger partial charge in [-0.1, -0.05) is 42.5 Å². The molecule has 1 aliphatic heterocycles. The van der Waals surface area contributed by atoms with Crippen molar-refractivity contribution in [1.82, 2.24) is 4.90 Å². The Hall–Kier alpha value is -4.01. The Kier molecular flexibility index (Phi) is 8.24. The second kappa shape index (κ2) is 11.6. The van der Waals surface area contributed by atoms with Gasteiger partial charge in [-0.05, 0) is 59.4 Å². The first-order valence-corrected chi connectivity index (χ1v) is 12.2. The Morgan fingerprint density at radius 2 is 1.68 bits per heavy atom. The summed E-state index contributed by atoms with van der Waals surface area (Å²) in [6.45, 7) is 2.04. The first kappa shape index (κ1) is 27.0. The van der Waals surface area contributed by atoms with Gasteiger partial charge in [0.25, 0.3) is 0 Å². The number of nitrogens with zero attached hydrogens (tertiary/aromatic N) is 1. The van der Waals surface area contributed by atoms with Crippen molar-refractivity contribution in [3.8, 4) is 16.9 Å². The lowest BCUT2D eigenvalue weighted by Crippen LogP contribution is -2.37. The molecule has 0 aliphatic carbocycles. The number of ether oxygens (including phenoxy) is 3. The van der Waals surface area contributed by atoms with Crippen LogP contribution in [0.2, 0.25) is 0 Å². The van der Waals surface area contributed by atoms with Gasteiger partial charge >= 0.3 is 18.2 Å². The van der Waals surface area contributed by atoms with Crippen LogP contribution in [0.1, 0.15) is 34.7 Å². The van der Waals surface area contributed by atoms with E-state index in [9.17, 15) is 22.8 Å². The van der Waals surface area contributed by atoms with Crippen LogP contribution in [-0.2, 0) is 46.4 Å². The van der Waals surface area contributed by atoms with Gasteiger partial charge in [0.1, 0.15) is 12.4 Å². The number of fused-ring (bicyclic) bond motifs is 1. The van der Waals surface area contributed by atoms with Gasteiger partial charge in [0.2, 0.25) is 0 Å². The number of alkyl halides is 3. The minimum absolute atomic E-state index is 0.00555. The Morgan fingerprint density at radius 3 is 2.37 bits per heavy atom. The topological polar surface area (TPSA) is 65.1 Å². The van der Waals surface area contributed by atoms with Crippen LogP contribution >= 0.6 is 0 Å². The molecule has 9 heteroatoms. The highest BCUT2D eigenvalue weighted by Crippen LogP contribution is 2.42. The zero-order chi connectivity index (χ0) is 27.3.